The maximum atomic E-state index is 11.5. The third-order valence-electron chi connectivity index (χ3n) is 2.90. The molecule has 2 unspecified atom stereocenters. The molecule has 0 spiro atoms. The Kier molecular flexibility index (Phi) is 5.49. The van der Waals surface area contributed by atoms with Crippen LogP contribution in [0.1, 0.15) is 49.6 Å². The summed E-state index contributed by atoms with van der Waals surface area (Å²) < 4.78 is 4.89. The number of rotatable bonds is 5. The van der Waals surface area contributed by atoms with Crippen molar-refractivity contribution >= 4 is 17.6 Å². The van der Waals surface area contributed by atoms with Crippen molar-refractivity contribution in [2.24, 2.45) is 0 Å². The Hall–Kier alpha value is -1.02. The van der Waals surface area contributed by atoms with E-state index in [9.17, 15) is 4.79 Å². The number of alkyl halides is 1. The summed E-state index contributed by atoms with van der Waals surface area (Å²) in [5.74, 6) is 0.144. The fourth-order valence-corrected chi connectivity index (χ4v) is 1.79. The van der Waals surface area contributed by atoms with Crippen molar-refractivity contribution in [1.29, 1.82) is 0 Å². The summed E-state index contributed by atoms with van der Waals surface area (Å²) in [5.41, 5.74) is 2.06. The molecule has 0 heterocycles. The van der Waals surface area contributed by atoms with Crippen LogP contribution in [-0.2, 0) is 9.53 Å². The first-order chi connectivity index (χ1) is 8.10. The third kappa shape index (κ3) is 3.74. The lowest BCUT2D eigenvalue weighted by molar-refractivity contribution is -0.142. The van der Waals surface area contributed by atoms with Crippen LogP contribution in [0.15, 0.2) is 24.3 Å². The van der Waals surface area contributed by atoms with E-state index >= 15 is 0 Å². The van der Waals surface area contributed by atoms with Gasteiger partial charge in [0.05, 0.1) is 6.61 Å². The van der Waals surface area contributed by atoms with Crippen LogP contribution in [0.4, 0.5) is 0 Å². The number of benzene rings is 1. The molecule has 2 nitrogen and oxygen atoms in total. The van der Waals surface area contributed by atoms with Gasteiger partial charge in [-0.2, -0.15) is 0 Å². The van der Waals surface area contributed by atoms with E-state index in [1.165, 1.54) is 5.56 Å². The van der Waals surface area contributed by atoms with Gasteiger partial charge in [-0.15, -0.1) is 11.6 Å². The molecule has 17 heavy (non-hydrogen) atoms. The highest BCUT2D eigenvalue weighted by molar-refractivity contribution is 6.29. The fourth-order valence-electron chi connectivity index (χ4n) is 1.58. The Morgan fingerprint density at radius 2 is 1.76 bits per heavy atom. The summed E-state index contributed by atoms with van der Waals surface area (Å²) in [5, 5.41) is -0.707. The molecule has 0 aliphatic rings. The van der Waals surface area contributed by atoms with Crippen LogP contribution in [0.25, 0.3) is 0 Å². The first kappa shape index (κ1) is 14.0. The van der Waals surface area contributed by atoms with Crippen LogP contribution in [0.3, 0.4) is 0 Å². The molecular weight excluding hydrogens is 236 g/mol. The van der Waals surface area contributed by atoms with Gasteiger partial charge in [-0.3, -0.25) is 4.79 Å². The summed E-state index contributed by atoms with van der Waals surface area (Å²) in [6.45, 7) is 6.46. The van der Waals surface area contributed by atoms with E-state index in [0.29, 0.717) is 12.5 Å². The zero-order valence-electron chi connectivity index (χ0n) is 10.6. The largest absolute Gasteiger partial charge is 0.465 e. The number of ether oxygens (including phenoxy) is 1. The predicted molar refractivity (Wildman–Crippen MR) is 70.4 cm³/mol. The van der Waals surface area contributed by atoms with E-state index in [0.717, 1.165) is 12.0 Å². The van der Waals surface area contributed by atoms with Crippen molar-refractivity contribution in [2.75, 3.05) is 6.61 Å². The molecule has 2 atom stereocenters. The van der Waals surface area contributed by atoms with E-state index in [1.807, 2.05) is 24.3 Å². The van der Waals surface area contributed by atoms with Crippen molar-refractivity contribution < 1.29 is 9.53 Å². The van der Waals surface area contributed by atoms with Crippen molar-refractivity contribution in [2.45, 2.75) is 38.5 Å². The highest BCUT2D eigenvalue weighted by Gasteiger charge is 2.18. The summed E-state index contributed by atoms with van der Waals surface area (Å²) in [4.78, 5) is 11.5. The molecule has 1 aromatic carbocycles. The lowest BCUT2D eigenvalue weighted by Crippen LogP contribution is -2.11. The van der Waals surface area contributed by atoms with E-state index < -0.39 is 5.38 Å². The summed E-state index contributed by atoms with van der Waals surface area (Å²) >= 11 is 6.03. The number of carbonyl (C=O) groups is 1. The van der Waals surface area contributed by atoms with Gasteiger partial charge in [0.25, 0.3) is 0 Å². The standard InChI is InChI=1S/C14H19ClO2/c1-4-10(3)11-6-8-12(9-7-11)13(15)14(16)17-5-2/h6-10,13H,4-5H2,1-3H3. The van der Waals surface area contributed by atoms with Crippen molar-refractivity contribution in [1.82, 2.24) is 0 Å². The summed E-state index contributed by atoms with van der Waals surface area (Å²) in [6, 6.07) is 7.85. The summed E-state index contributed by atoms with van der Waals surface area (Å²) in [7, 11) is 0. The highest BCUT2D eigenvalue weighted by atomic mass is 35.5. The van der Waals surface area contributed by atoms with Gasteiger partial charge in [-0.25, -0.2) is 0 Å². The van der Waals surface area contributed by atoms with Crippen LogP contribution < -0.4 is 0 Å². The minimum absolute atomic E-state index is 0.354. The quantitative estimate of drug-likeness (QED) is 0.586. The zero-order chi connectivity index (χ0) is 12.8. The molecule has 1 aromatic rings. The van der Waals surface area contributed by atoms with Gasteiger partial charge in [0.1, 0.15) is 0 Å². The second-order valence-corrected chi connectivity index (χ2v) is 4.53. The molecule has 0 aliphatic heterocycles. The average molecular weight is 255 g/mol. The fraction of sp³-hybridized carbons (Fsp3) is 0.500. The van der Waals surface area contributed by atoms with Crippen LogP contribution >= 0.6 is 11.6 Å². The second-order valence-electron chi connectivity index (χ2n) is 4.09. The first-order valence-electron chi connectivity index (χ1n) is 6.00. The molecule has 0 saturated carbocycles. The van der Waals surface area contributed by atoms with Crippen LogP contribution in [0, 0.1) is 0 Å². The molecule has 3 heteroatoms. The molecule has 0 aliphatic carbocycles. The molecule has 0 amide bonds. The van der Waals surface area contributed by atoms with Crippen molar-refractivity contribution in [3.05, 3.63) is 35.4 Å². The predicted octanol–water partition coefficient (Wildman–Crippen LogP) is 4.04. The van der Waals surface area contributed by atoms with Gasteiger partial charge < -0.3 is 4.74 Å². The molecule has 0 bridgehead atoms. The number of halogens is 1. The molecule has 0 radical (unpaired) electrons. The Balaban J connectivity index is 2.76. The minimum atomic E-state index is -0.707. The van der Waals surface area contributed by atoms with Gasteiger partial charge in [0.15, 0.2) is 5.38 Å². The average Bonchev–Trinajstić information content (AvgIpc) is 2.37. The molecule has 0 N–H and O–H groups in total. The Bertz CT molecular complexity index is 359. The normalized spacial score (nSPS) is 14.1. The van der Waals surface area contributed by atoms with Crippen LogP contribution in [0.5, 0.6) is 0 Å². The van der Waals surface area contributed by atoms with Crippen molar-refractivity contribution in [3.8, 4) is 0 Å². The zero-order valence-corrected chi connectivity index (χ0v) is 11.3. The number of hydrogen-bond acceptors (Lipinski definition) is 2. The van der Waals surface area contributed by atoms with Gasteiger partial charge in [-0.05, 0) is 30.4 Å². The topological polar surface area (TPSA) is 26.3 Å². The van der Waals surface area contributed by atoms with Gasteiger partial charge in [-0.1, -0.05) is 38.1 Å². The highest BCUT2D eigenvalue weighted by Crippen LogP contribution is 2.25. The maximum absolute atomic E-state index is 11.5. The monoisotopic (exact) mass is 254 g/mol. The van der Waals surface area contributed by atoms with Gasteiger partial charge in [0, 0.05) is 0 Å². The molecule has 0 saturated heterocycles. The molecule has 0 fully saturated rings. The third-order valence-corrected chi connectivity index (χ3v) is 3.33. The lowest BCUT2D eigenvalue weighted by Gasteiger charge is -2.12. The maximum Gasteiger partial charge on any atom is 0.328 e. The molecule has 1 rings (SSSR count). The lowest BCUT2D eigenvalue weighted by atomic mass is 9.97. The van der Waals surface area contributed by atoms with E-state index in [2.05, 4.69) is 13.8 Å². The van der Waals surface area contributed by atoms with E-state index in [-0.39, 0.29) is 5.97 Å². The van der Waals surface area contributed by atoms with Gasteiger partial charge in [0.2, 0.25) is 0 Å². The Labute approximate surface area is 108 Å². The Morgan fingerprint density at radius 1 is 1.24 bits per heavy atom. The van der Waals surface area contributed by atoms with E-state index in [4.69, 9.17) is 16.3 Å². The molecular formula is C14H19ClO2. The van der Waals surface area contributed by atoms with E-state index in [1.54, 1.807) is 6.92 Å². The van der Waals surface area contributed by atoms with Crippen LogP contribution in [0.2, 0.25) is 0 Å². The Morgan fingerprint density at radius 3 is 2.24 bits per heavy atom. The van der Waals surface area contributed by atoms with Crippen molar-refractivity contribution in [3.63, 3.8) is 0 Å². The van der Waals surface area contributed by atoms with Crippen LogP contribution in [-0.4, -0.2) is 12.6 Å². The molecule has 0 aromatic heterocycles. The number of esters is 1. The first-order valence-corrected chi connectivity index (χ1v) is 6.44. The SMILES string of the molecule is CCOC(=O)C(Cl)c1ccc(C(C)CC)cc1. The second kappa shape index (κ2) is 6.65. The minimum Gasteiger partial charge on any atom is -0.465 e. The number of carbonyl (C=O) groups excluding carboxylic acids is 1. The van der Waals surface area contributed by atoms with Gasteiger partial charge >= 0.3 is 5.97 Å². The molecule has 94 valence electrons. The number of hydrogen-bond donors (Lipinski definition) is 0. The summed E-state index contributed by atoms with van der Waals surface area (Å²) in [6.07, 6.45) is 1.10. The smallest absolute Gasteiger partial charge is 0.328 e.